The van der Waals surface area contributed by atoms with Gasteiger partial charge in [0.15, 0.2) is 11.5 Å². The largest absolute Gasteiger partial charge is 0.339 e. The Morgan fingerprint density at radius 2 is 1.74 bits per heavy atom. The molecular weight excluding hydrogens is 454 g/mol. The number of anilines is 2. The molecule has 156 valence electrons. The zero-order valence-corrected chi connectivity index (χ0v) is 18.9. The molecule has 0 spiro atoms. The van der Waals surface area contributed by atoms with E-state index in [9.17, 15) is 8.42 Å². The SMILES string of the molecule is Cc1cc(C)cc(Nc2nc3c(S(=O)(=O)c4ccc(Cl)cc4)nnn3c3ccsc23)c1. The van der Waals surface area contributed by atoms with E-state index in [1.54, 1.807) is 0 Å². The van der Waals surface area contributed by atoms with Crippen LogP contribution in [0.5, 0.6) is 0 Å². The number of benzene rings is 2. The molecule has 0 atom stereocenters. The Labute approximate surface area is 187 Å². The van der Waals surface area contributed by atoms with Gasteiger partial charge in [-0.3, -0.25) is 0 Å². The van der Waals surface area contributed by atoms with Crippen LogP contribution in [0.2, 0.25) is 5.02 Å². The Bertz CT molecular complexity index is 1540. The fraction of sp³-hybridized carbons (Fsp3) is 0.0952. The van der Waals surface area contributed by atoms with Gasteiger partial charge in [-0.05, 0) is 72.8 Å². The van der Waals surface area contributed by atoms with E-state index in [-0.39, 0.29) is 15.6 Å². The third kappa shape index (κ3) is 3.44. The molecule has 1 N–H and O–H groups in total. The topological polar surface area (TPSA) is 89.2 Å². The van der Waals surface area contributed by atoms with Gasteiger partial charge in [-0.15, -0.1) is 16.4 Å². The molecule has 0 aliphatic carbocycles. The number of thiophene rings is 1. The molecule has 3 heterocycles. The highest BCUT2D eigenvalue weighted by Gasteiger charge is 2.27. The number of sulfone groups is 1. The Morgan fingerprint density at radius 3 is 2.45 bits per heavy atom. The molecule has 0 fully saturated rings. The number of aryl methyl sites for hydroxylation is 2. The predicted octanol–water partition coefficient (Wildman–Crippen LogP) is 5.19. The van der Waals surface area contributed by atoms with Crippen LogP contribution in [0.1, 0.15) is 11.1 Å². The molecule has 0 aliphatic heterocycles. The fourth-order valence-electron chi connectivity index (χ4n) is 3.49. The van der Waals surface area contributed by atoms with Crippen molar-refractivity contribution in [2.75, 3.05) is 5.32 Å². The van der Waals surface area contributed by atoms with Crippen molar-refractivity contribution < 1.29 is 8.42 Å². The van der Waals surface area contributed by atoms with Crippen molar-refractivity contribution in [2.45, 2.75) is 23.8 Å². The van der Waals surface area contributed by atoms with Crippen molar-refractivity contribution >= 4 is 60.1 Å². The molecule has 31 heavy (non-hydrogen) atoms. The third-order valence-corrected chi connectivity index (χ3v) is 7.61. The summed E-state index contributed by atoms with van der Waals surface area (Å²) in [6.45, 7) is 4.04. The first-order valence-corrected chi connectivity index (χ1v) is 12.1. The van der Waals surface area contributed by atoms with Crippen LogP contribution in [0.3, 0.4) is 0 Å². The second kappa shape index (κ2) is 7.30. The minimum atomic E-state index is -3.93. The summed E-state index contributed by atoms with van der Waals surface area (Å²) in [4.78, 5) is 4.71. The number of halogens is 1. The van der Waals surface area contributed by atoms with E-state index in [1.165, 1.54) is 40.1 Å². The van der Waals surface area contributed by atoms with Crippen LogP contribution in [0, 0.1) is 13.8 Å². The van der Waals surface area contributed by atoms with Gasteiger partial charge in [-0.25, -0.2) is 13.4 Å². The van der Waals surface area contributed by atoms with Gasteiger partial charge in [-0.2, -0.15) is 4.52 Å². The Hall–Kier alpha value is -3.01. The number of rotatable bonds is 4. The van der Waals surface area contributed by atoms with E-state index < -0.39 is 9.84 Å². The highest BCUT2D eigenvalue weighted by molar-refractivity contribution is 7.91. The number of nitrogens with zero attached hydrogens (tertiary/aromatic N) is 4. The minimum absolute atomic E-state index is 0.0790. The van der Waals surface area contributed by atoms with Crippen molar-refractivity contribution in [3.63, 3.8) is 0 Å². The molecule has 5 rings (SSSR count). The van der Waals surface area contributed by atoms with Crippen LogP contribution in [0.15, 0.2) is 63.8 Å². The third-order valence-electron chi connectivity index (χ3n) is 4.79. The summed E-state index contributed by atoms with van der Waals surface area (Å²) < 4.78 is 28.8. The van der Waals surface area contributed by atoms with Crippen LogP contribution in [-0.2, 0) is 9.84 Å². The van der Waals surface area contributed by atoms with Gasteiger partial charge >= 0.3 is 0 Å². The quantitative estimate of drug-likeness (QED) is 0.390. The van der Waals surface area contributed by atoms with Gasteiger partial charge in [0.25, 0.3) is 0 Å². The van der Waals surface area contributed by atoms with Crippen LogP contribution in [0.4, 0.5) is 11.5 Å². The molecule has 0 aliphatic rings. The van der Waals surface area contributed by atoms with Gasteiger partial charge in [-0.1, -0.05) is 22.9 Å². The Kier molecular flexibility index (Phi) is 4.69. The first-order valence-electron chi connectivity index (χ1n) is 9.31. The normalized spacial score (nSPS) is 12.0. The average Bonchev–Trinajstić information content (AvgIpc) is 3.34. The number of nitrogens with one attached hydrogen (secondary N) is 1. The molecule has 0 saturated heterocycles. The second-order valence-corrected chi connectivity index (χ2v) is 10.4. The van der Waals surface area contributed by atoms with Gasteiger partial charge in [0, 0.05) is 10.7 Å². The number of hydrogen-bond acceptors (Lipinski definition) is 7. The van der Waals surface area contributed by atoms with E-state index in [0.29, 0.717) is 10.8 Å². The maximum atomic E-state index is 13.2. The summed E-state index contributed by atoms with van der Waals surface area (Å²) in [5.74, 6) is 0.553. The smallest absolute Gasteiger partial charge is 0.229 e. The van der Waals surface area contributed by atoms with Crippen LogP contribution >= 0.6 is 22.9 Å². The van der Waals surface area contributed by atoms with E-state index >= 15 is 0 Å². The zero-order chi connectivity index (χ0) is 21.8. The zero-order valence-electron chi connectivity index (χ0n) is 16.5. The van der Waals surface area contributed by atoms with Crippen molar-refractivity contribution in [3.8, 4) is 0 Å². The van der Waals surface area contributed by atoms with Crippen molar-refractivity contribution in [3.05, 3.63) is 70.1 Å². The summed E-state index contributed by atoms with van der Waals surface area (Å²) in [5, 5.41) is 13.6. The minimum Gasteiger partial charge on any atom is -0.339 e. The monoisotopic (exact) mass is 469 g/mol. The van der Waals surface area contributed by atoms with Gasteiger partial charge in [0.05, 0.1) is 15.1 Å². The average molecular weight is 470 g/mol. The highest BCUT2D eigenvalue weighted by atomic mass is 35.5. The standard InChI is InChI=1S/C21H16ClN5O2S2/c1-12-9-13(2)11-15(10-12)23-19-18-17(7-8-30-18)27-20(24-19)21(25-26-27)31(28,29)16-5-3-14(22)4-6-16/h3-11H,1-2H3,(H,23,24). The first kappa shape index (κ1) is 19.9. The molecule has 0 unspecified atom stereocenters. The maximum absolute atomic E-state index is 13.2. The molecule has 10 heteroatoms. The van der Waals surface area contributed by atoms with E-state index in [2.05, 4.69) is 26.7 Å². The molecule has 0 radical (unpaired) electrons. The van der Waals surface area contributed by atoms with Crippen LogP contribution in [-0.4, -0.2) is 28.2 Å². The van der Waals surface area contributed by atoms with Crippen LogP contribution < -0.4 is 5.32 Å². The number of hydrogen-bond donors (Lipinski definition) is 1. The van der Waals surface area contributed by atoms with Crippen molar-refractivity contribution in [2.24, 2.45) is 0 Å². The summed E-state index contributed by atoms with van der Waals surface area (Å²) >= 11 is 7.40. The Morgan fingerprint density at radius 1 is 1.03 bits per heavy atom. The molecule has 7 nitrogen and oxygen atoms in total. The van der Waals surface area contributed by atoms with Crippen molar-refractivity contribution in [1.29, 1.82) is 0 Å². The molecule has 0 saturated carbocycles. The van der Waals surface area contributed by atoms with E-state index in [4.69, 9.17) is 11.6 Å². The van der Waals surface area contributed by atoms with Gasteiger partial charge in [0.2, 0.25) is 14.9 Å². The number of aromatic nitrogens is 4. The second-order valence-electron chi connectivity index (χ2n) is 7.18. The number of fused-ring (bicyclic) bond motifs is 3. The lowest BCUT2D eigenvalue weighted by Crippen LogP contribution is -2.05. The summed E-state index contributed by atoms with van der Waals surface area (Å²) in [6, 6.07) is 13.9. The maximum Gasteiger partial charge on any atom is 0.229 e. The predicted molar refractivity (Wildman–Crippen MR) is 122 cm³/mol. The molecule has 0 amide bonds. The molecule has 3 aromatic heterocycles. The lowest BCUT2D eigenvalue weighted by Gasteiger charge is -2.10. The fourth-order valence-corrected chi connectivity index (χ4v) is 5.67. The van der Waals surface area contributed by atoms with Gasteiger partial charge in [0.1, 0.15) is 0 Å². The van der Waals surface area contributed by atoms with E-state index in [0.717, 1.165) is 27.0 Å². The summed E-state index contributed by atoms with van der Waals surface area (Å²) in [5.41, 5.74) is 3.99. The molecule has 0 bridgehead atoms. The Balaban J connectivity index is 1.71. The van der Waals surface area contributed by atoms with Crippen LogP contribution in [0.25, 0.3) is 15.9 Å². The highest BCUT2D eigenvalue weighted by Crippen LogP contribution is 2.33. The van der Waals surface area contributed by atoms with Crippen molar-refractivity contribution in [1.82, 2.24) is 19.8 Å². The summed E-state index contributed by atoms with van der Waals surface area (Å²) in [7, 11) is -3.93. The molecule has 5 aromatic rings. The lowest BCUT2D eigenvalue weighted by atomic mass is 10.1. The lowest BCUT2D eigenvalue weighted by molar-refractivity contribution is 0.592. The molecule has 2 aromatic carbocycles. The van der Waals surface area contributed by atoms with Gasteiger partial charge < -0.3 is 5.32 Å². The first-order chi connectivity index (χ1) is 14.8. The molecular formula is C21H16ClN5O2S2. The van der Waals surface area contributed by atoms with E-state index in [1.807, 2.05) is 37.4 Å². The summed E-state index contributed by atoms with van der Waals surface area (Å²) in [6.07, 6.45) is 0.